The molecule has 0 radical (unpaired) electrons. The fraction of sp³-hybridized carbons (Fsp3) is 0.765. The minimum atomic E-state index is -0.0165. The summed E-state index contributed by atoms with van der Waals surface area (Å²) >= 11 is 0. The van der Waals surface area contributed by atoms with Gasteiger partial charge in [0.05, 0.1) is 0 Å². The van der Waals surface area contributed by atoms with E-state index in [4.69, 9.17) is 9.97 Å². The second-order valence-electron chi connectivity index (χ2n) is 7.60. The van der Waals surface area contributed by atoms with E-state index in [2.05, 4.69) is 44.0 Å². The van der Waals surface area contributed by atoms with Crippen LogP contribution in [-0.2, 0) is 5.41 Å². The Bertz CT molecular complexity index is 506. The number of fused-ring (bicyclic) bond motifs is 2. The van der Waals surface area contributed by atoms with Crippen molar-refractivity contribution in [2.45, 2.75) is 64.8 Å². The van der Waals surface area contributed by atoms with Gasteiger partial charge in [-0.15, -0.1) is 0 Å². The van der Waals surface area contributed by atoms with Gasteiger partial charge in [-0.3, -0.25) is 0 Å². The van der Waals surface area contributed by atoms with Crippen molar-refractivity contribution in [3.8, 4) is 0 Å². The highest BCUT2D eigenvalue weighted by atomic mass is 15.3. The van der Waals surface area contributed by atoms with Gasteiger partial charge in [-0.25, -0.2) is 9.97 Å². The fourth-order valence-electron chi connectivity index (χ4n) is 3.47. The molecule has 1 saturated heterocycles. The summed E-state index contributed by atoms with van der Waals surface area (Å²) in [4.78, 5) is 12.1. The van der Waals surface area contributed by atoms with Gasteiger partial charge in [0.1, 0.15) is 17.5 Å². The van der Waals surface area contributed by atoms with Gasteiger partial charge in [0.2, 0.25) is 0 Å². The van der Waals surface area contributed by atoms with Gasteiger partial charge in [0.25, 0.3) is 0 Å². The van der Waals surface area contributed by atoms with Gasteiger partial charge in [0.15, 0.2) is 0 Å². The van der Waals surface area contributed by atoms with Crippen LogP contribution in [0.5, 0.6) is 0 Å². The quantitative estimate of drug-likeness (QED) is 0.919. The minimum absolute atomic E-state index is 0.0165. The average molecular weight is 288 g/mol. The highest BCUT2D eigenvalue weighted by Crippen LogP contribution is 2.40. The molecule has 1 N–H and O–H groups in total. The van der Waals surface area contributed by atoms with Crippen molar-refractivity contribution in [2.24, 2.45) is 5.92 Å². The molecule has 2 heterocycles. The van der Waals surface area contributed by atoms with Crippen LogP contribution < -0.4 is 10.2 Å². The lowest BCUT2D eigenvalue weighted by Gasteiger charge is -2.29. The Labute approximate surface area is 128 Å². The number of nitrogens with zero attached hydrogens (tertiary/aromatic N) is 3. The van der Waals surface area contributed by atoms with Crippen LogP contribution in [0.2, 0.25) is 0 Å². The van der Waals surface area contributed by atoms with Crippen molar-refractivity contribution in [3.05, 3.63) is 11.9 Å². The molecule has 1 aromatic rings. The molecule has 4 nitrogen and oxygen atoms in total. The first kappa shape index (κ1) is 14.6. The second-order valence-corrected chi connectivity index (χ2v) is 7.60. The number of nitrogens with one attached hydrogen (secondary N) is 1. The summed E-state index contributed by atoms with van der Waals surface area (Å²) in [6, 6.07) is 2.85. The monoisotopic (exact) mass is 288 g/mol. The van der Waals surface area contributed by atoms with Crippen molar-refractivity contribution < 1.29 is 0 Å². The van der Waals surface area contributed by atoms with Crippen molar-refractivity contribution >= 4 is 11.6 Å². The number of rotatable bonds is 4. The topological polar surface area (TPSA) is 41.0 Å². The van der Waals surface area contributed by atoms with E-state index < -0.39 is 0 Å². The zero-order chi connectivity index (χ0) is 15.0. The molecule has 1 aliphatic carbocycles. The van der Waals surface area contributed by atoms with Crippen LogP contribution in [0, 0.1) is 5.92 Å². The lowest BCUT2D eigenvalue weighted by Crippen LogP contribution is -2.33. The smallest absolute Gasteiger partial charge is 0.138 e. The lowest BCUT2D eigenvalue weighted by atomic mass is 9.95. The van der Waals surface area contributed by atoms with Crippen molar-refractivity contribution in [1.29, 1.82) is 0 Å². The highest BCUT2D eigenvalue weighted by molar-refractivity contribution is 5.52. The maximum atomic E-state index is 4.89. The van der Waals surface area contributed by atoms with Crippen LogP contribution in [0.4, 0.5) is 11.6 Å². The van der Waals surface area contributed by atoms with Gasteiger partial charge in [-0.2, -0.15) is 0 Å². The molecule has 4 heteroatoms. The van der Waals surface area contributed by atoms with Gasteiger partial charge in [-0.1, -0.05) is 27.7 Å². The van der Waals surface area contributed by atoms with Crippen LogP contribution in [0.25, 0.3) is 0 Å². The summed E-state index contributed by atoms with van der Waals surface area (Å²) in [6.07, 6.45) is 5.20. The Morgan fingerprint density at radius 3 is 2.67 bits per heavy atom. The summed E-state index contributed by atoms with van der Waals surface area (Å²) in [5.41, 5.74) is -0.0165. The van der Waals surface area contributed by atoms with Gasteiger partial charge in [-0.05, 0) is 31.6 Å². The fourth-order valence-corrected chi connectivity index (χ4v) is 3.47. The van der Waals surface area contributed by atoms with E-state index in [1.54, 1.807) is 0 Å². The third-order valence-electron chi connectivity index (χ3n) is 4.64. The first-order chi connectivity index (χ1) is 9.97. The molecule has 1 aromatic heterocycles. The van der Waals surface area contributed by atoms with Gasteiger partial charge < -0.3 is 10.2 Å². The summed E-state index contributed by atoms with van der Waals surface area (Å²) < 4.78 is 0. The van der Waals surface area contributed by atoms with Crippen molar-refractivity contribution in [1.82, 2.24) is 9.97 Å². The molecule has 3 rings (SSSR count). The number of anilines is 2. The molecular formula is C17H28N4. The molecule has 0 aromatic carbocycles. The van der Waals surface area contributed by atoms with Crippen LogP contribution >= 0.6 is 0 Å². The Balaban J connectivity index is 1.91. The Morgan fingerprint density at radius 2 is 2.10 bits per heavy atom. The molecule has 2 bridgehead atoms. The summed E-state index contributed by atoms with van der Waals surface area (Å²) in [5, 5.41) is 3.44. The minimum Gasteiger partial charge on any atom is -0.370 e. The SMILES string of the molecule is CCCNc1cc(N2CC3CCC2C3)nc(C(C)(C)C)n1. The summed E-state index contributed by atoms with van der Waals surface area (Å²) in [6.45, 7) is 10.9. The van der Waals surface area contributed by atoms with E-state index in [1.165, 1.54) is 25.8 Å². The Morgan fingerprint density at radius 1 is 1.29 bits per heavy atom. The van der Waals surface area contributed by atoms with E-state index >= 15 is 0 Å². The molecule has 1 aliphatic heterocycles. The number of hydrogen-bond acceptors (Lipinski definition) is 4. The Kier molecular flexibility index (Phi) is 3.80. The Hall–Kier alpha value is -1.32. The number of aromatic nitrogens is 2. The predicted octanol–water partition coefficient (Wildman–Crippen LogP) is 3.58. The van der Waals surface area contributed by atoms with E-state index in [1.807, 2.05) is 0 Å². The zero-order valence-corrected chi connectivity index (χ0v) is 13.8. The van der Waals surface area contributed by atoms with Crippen LogP contribution in [0.1, 0.15) is 59.2 Å². The molecule has 116 valence electrons. The highest BCUT2D eigenvalue weighted by Gasteiger charge is 2.38. The first-order valence-corrected chi connectivity index (χ1v) is 8.37. The van der Waals surface area contributed by atoms with E-state index in [9.17, 15) is 0 Å². The van der Waals surface area contributed by atoms with Crippen LogP contribution in [0.3, 0.4) is 0 Å². The third-order valence-corrected chi connectivity index (χ3v) is 4.64. The molecule has 0 amide bonds. The maximum absolute atomic E-state index is 4.89. The van der Waals surface area contributed by atoms with Gasteiger partial charge in [0, 0.05) is 30.6 Å². The number of hydrogen-bond donors (Lipinski definition) is 1. The van der Waals surface area contributed by atoms with Gasteiger partial charge >= 0.3 is 0 Å². The largest absolute Gasteiger partial charge is 0.370 e. The number of piperidine rings is 1. The predicted molar refractivity (Wildman–Crippen MR) is 88.0 cm³/mol. The normalized spacial score (nSPS) is 24.7. The maximum Gasteiger partial charge on any atom is 0.138 e. The summed E-state index contributed by atoms with van der Waals surface area (Å²) in [5.74, 6) is 3.94. The second kappa shape index (κ2) is 5.47. The summed E-state index contributed by atoms with van der Waals surface area (Å²) in [7, 11) is 0. The molecular weight excluding hydrogens is 260 g/mol. The standard InChI is InChI=1S/C17H28N4/c1-5-8-18-14-10-15(20-16(19-14)17(2,3)4)21-11-12-6-7-13(21)9-12/h10,12-13H,5-9,11H2,1-4H3,(H,18,19,20). The molecule has 2 atom stereocenters. The van der Waals surface area contributed by atoms with Crippen molar-refractivity contribution in [3.63, 3.8) is 0 Å². The molecule has 2 unspecified atom stereocenters. The first-order valence-electron chi connectivity index (χ1n) is 8.37. The van der Waals surface area contributed by atoms with Crippen LogP contribution in [-0.4, -0.2) is 29.1 Å². The van der Waals surface area contributed by atoms with E-state index in [-0.39, 0.29) is 5.41 Å². The van der Waals surface area contributed by atoms with E-state index in [0.717, 1.165) is 36.3 Å². The lowest BCUT2D eigenvalue weighted by molar-refractivity contribution is 0.530. The molecule has 0 spiro atoms. The average Bonchev–Trinajstić information content (AvgIpc) is 3.06. The van der Waals surface area contributed by atoms with E-state index in [0.29, 0.717) is 6.04 Å². The molecule has 21 heavy (non-hydrogen) atoms. The third kappa shape index (κ3) is 2.99. The van der Waals surface area contributed by atoms with Crippen molar-refractivity contribution in [2.75, 3.05) is 23.3 Å². The zero-order valence-electron chi connectivity index (χ0n) is 13.8. The van der Waals surface area contributed by atoms with Crippen LogP contribution in [0.15, 0.2) is 6.07 Å². The molecule has 2 fully saturated rings. The molecule has 2 aliphatic rings. The molecule has 1 saturated carbocycles.